The summed E-state index contributed by atoms with van der Waals surface area (Å²) in [5.41, 5.74) is 4.42. The van der Waals surface area contributed by atoms with E-state index in [1.54, 1.807) is 0 Å². The molecule has 8 heteroatoms. The average Bonchev–Trinajstić information content (AvgIpc) is 1.56. The lowest BCUT2D eigenvalue weighted by molar-refractivity contribution is -0.143. The van der Waals surface area contributed by atoms with Crippen LogP contribution in [-0.4, -0.2) is 28.2 Å². The molecule has 0 aromatic carbocycles. The van der Waals surface area contributed by atoms with Gasteiger partial charge in [0.2, 0.25) is 0 Å². The molecule has 0 bridgehead atoms. The summed E-state index contributed by atoms with van der Waals surface area (Å²) in [4.78, 5) is 16.2. The van der Waals surface area contributed by atoms with Crippen molar-refractivity contribution < 1.29 is 27.5 Å². The van der Waals surface area contributed by atoms with Gasteiger partial charge in [-0.25, -0.2) is 0 Å². The van der Waals surface area contributed by atoms with Crippen molar-refractivity contribution in [1.82, 2.24) is 0 Å². The summed E-state index contributed by atoms with van der Waals surface area (Å²) in [7, 11) is -4.66. The van der Waals surface area contributed by atoms with E-state index in [1.807, 2.05) is 0 Å². The van der Waals surface area contributed by atoms with E-state index in [-0.39, 0.29) is 0 Å². The molecule has 0 fully saturated rings. The number of hydrogen-bond acceptors (Lipinski definition) is 2. The highest BCUT2D eigenvalue weighted by Gasteiger charge is 2.40. The molecule has 0 saturated carbocycles. The van der Waals surface area contributed by atoms with Gasteiger partial charge in [0.25, 0.3) is 0 Å². The van der Waals surface area contributed by atoms with Crippen molar-refractivity contribution >= 4 is 7.60 Å². The van der Waals surface area contributed by atoms with E-state index in [4.69, 9.17) is 9.79 Å². The first kappa shape index (κ1) is 10.9. The van der Waals surface area contributed by atoms with Crippen LogP contribution in [0.25, 0.3) is 0 Å². The standard InChI is InChI=1S/C3H7F3NO3P/c4-3(5,6)2(7)1-11(8,9)10/h2H,1,7H2,(H2,8,9,10)/t2-/m1/s1. The second-order valence-corrected chi connectivity index (χ2v) is 3.69. The van der Waals surface area contributed by atoms with Crippen LogP contribution in [-0.2, 0) is 4.57 Å². The summed E-state index contributed by atoms with van der Waals surface area (Å²) < 4.78 is 44.5. The molecule has 0 aliphatic rings. The zero-order valence-corrected chi connectivity index (χ0v) is 6.14. The number of rotatable bonds is 2. The first-order chi connectivity index (χ1) is 4.63. The Morgan fingerprint density at radius 2 is 1.82 bits per heavy atom. The lowest BCUT2D eigenvalue weighted by Crippen LogP contribution is -2.40. The summed E-state index contributed by atoms with van der Waals surface area (Å²) in [5, 5.41) is 0. The lowest BCUT2D eigenvalue weighted by Gasteiger charge is -2.15. The highest BCUT2D eigenvalue weighted by atomic mass is 31.2. The molecule has 4 N–H and O–H groups in total. The monoisotopic (exact) mass is 193 g/mol. The van der Waals surface area contributed by atoms with Crippen LogP contribution in [0.15, 0.2) is 0 Å². The van der Waals surface area contributed by atoms with E-state index in [1.165, 1.54) is 0 Å². The second-order valence-electron chi connectivity index (χ2n) is 2.00. The first-order valence-electron chi connectivity index (χ1n) is 2.50. The SMILES string of the molecule is N[C@H](CP(=O)(O)O)C(F)(F)F. The lowest BCUT2D eigenvalue weighted by atomic mass is 10.4. The molecule has 0 aliphatic heterocycles. The molecule has 11 heavy (non-hydrogen) atoms. The van der Waals surface area contributed by atoms with Crippen LogP contribution in [0, 0.1) is 0 Å². The van der Waals surface area contributed by atoms with Crippen molar-refractivity contribution in [2.24, 2.45) is 5.73 Å². The fourth-order valence-electron chi connectivity index (χ4n) is 0.360. The smallest absolute Gasteiger partial charge is 0.324 e. The minimum absolute atomic E-state index is 1.36. The number of hydrogen-bond donors (Lipinski definition) is 3. The summed E-state index contributed by atoms with van der Waals surface area (Å²) in [6, 6.07) is -2.46. The molecule has 0 radical (unpaired) electrons. The third-order valence-corrected chi connectivity index (χ3v) is 1.72. The highest BCUT2D eigenvalue weighted by molar-refractivity contribution is 7.51. The number of nitrogens with two attached hydrogens (primary N) is 1. The van der Waals surface area contributed by atoms with Crippen molar-refractivity contribution in [3.63, 3.8) is 0 Å². The summed E-state index contributed by atoms with van der Waals surface area (Å²) in [6.45, 7) is 0. The third-order valence-electron chi connectivity index (χ3n) is 0.855. The van der Waals surface area contributed by atoms with Gasteiger partial charge in [-0.1, -0.05) is 0 Å². The van der Waals surface area contributed by atoms with Gasteiger partial charge in [0.1, 0.15) is 6.04 Å². The predicted octanol–water partition coefficient (Wildman–Crippen LogP) is 0.0537. The van der Waals surface area contributed by atoms with Gasteiger partial charge < -0.3 is 15.5 Å². The number of alkyl halides is 3. The average molecular weight is 193 g/mol. The van der Waals surface area contributed by atoms with Crippen molar-refractivity contribution in [2.45, 2.75) is 12.2 Å². The predicted molar refractivity (Wildman–Crippen MR) is 30.9 cm³/mol. The van der Waals surface area contributed by atoms with Crippen LogP contribution in [0.3, 0.4) is 0 Å². The molecule has 1 atom stereocenters. The van der Waals surface area contributed by atoms with Crippen molar-refractivity contribution in [3.05, 3.63) is 0 Å². The summed E-state index contributed by atoms with van der Waals surface area (Å²) in [5.74, 6) is 0. The Labute approximate surface area is 60.4 Å². The Hall–Kier alpha value is -0.100. The van der Waals surface area contributed by atoms with Crippen LogP contribution in [0.5, 0.6) is 0 Å². The van der Waals surface area contributed by atoms with Crippen LogP contribution < -0.4 is 5.73 Å². The molecule has 0 unspecified atom stereocenters. The maximum absolute atomic E-state index is 11.5. The van der Waals surface area contributed by atoms with Gasteiger partial charge in [0.15, 0.2) is 0 Å². The Morgan fingerprint density at radius 1 is 1.45 bits per heavy atom. The van der Waals surface area contributed by atoms with Crippen LogP contribution in [0.4, 0.5) is 13.2 Å². The normalized spacial score (nSPS) is 16.5. The van der Waals surface area contributed by atoms with E-state index in [0.717, 1.165) is 0 Å². The molecule has 0 rings (SSSR count). The van der Waals surface area contributed by atoms with E-state index < -0.39 is 26.0 Å². The number of halogens is 3. The van der Waals surface area contributed by atoms with Gasteiger partial charge in [-0.3, -0.25) is 4.57 Å². The van der Waals surface area contributed by atoms with Crippen molar-refractivity contribution in [3.8, 4) is 0 Å². The van der Waals surface area contributed by atoms with E-state index in [2.05, 4.69) is 5.73 Å². The Kier molecular flexibility index (Phi) is 3.07. The largest absolute Gasteiger partial charge is 0.404 e. The summed E-state index contributed by atoms with van der Waals surface area (Å²) in [6.07, 6.45) is -6.11. The van der Waals surface area contributed by atoms with E-state index in [0.29, 0.717) is 0 Å². The van der Waals surface area contributed by atoms with Gasteiger partial charge in [-0.05, 0) is 0 Å². The van der Waals surface area contributed by atoms with Crippen LogP contribution in [0.1, 0.15) is 0 Å². The molecular formula is C3H7F3NO3P. The molecule has 4 nitrogen and oxygen atoms in total. The Morgan fingerprint density at radius 3 is 1.91 bits per heavy atom. The maximum Gasteiger partial charge on any atom is 0.404 e. The molecule has 0 spiro atoms. The molecule has 0 aromatic heterocycles. The van der Waals surface area contributed by atoms with Gasteiger partial charge >= 0.3 is 13.8 Å². The van der Waals surface area contributed by atoms with E-state index in [9.17, 15) is 17.7 Å². The fraction of sp³-hybridized carbons (Fsp3) is 1.00. The van der Waals surface area contributed by atoms with Crippen LogP contribution in [0.2, 0.25) is 0 Å². The van der Waals surface area contributed by atoms with Gasteiger partial charge in [0, 0.05) is 0 Å². The minimum atomic E-state index is -4.75. The Balaban J connectivity index is 4.10. The molecule has 0 amide bonds. The van der Waals surface area contributed by atoms with Crippen molar-refractivity contribution in [1.29, 1.82) is 0 Å². The highest BCUT2D eigenvalue weighted by Crippen LogP contribution is 2.37. The van der Waals surface area contributed by atoms with E-state index >= 15 is 0 Å². The van der Waals surface area contributed by atoms with Gasteiger partial charge in [-0.15, -0.1) is 0 Å². The maximum atomic E-state index is 11.5. The zero-order chi connectivity index (χ0) is 9.28. The van der Waals surface area contributed by atoms with Gasteiger partial charge in [0.05, 0.1) is 6.16 Å². The minimum Gasteiger partial charge on any atom is -0.324 e. The molecule has 0 saturated heterocycles. The first-order valence-corrected chi connectivity index (χ1v) is 4.29. The molecular weight excluding hydrogens is 186 g/mol. The fourth-order valence-corrected chi connectivity index (χ4v) is 1.08. The van der Waals surface area contributed by atoms with Crippen LogP contribution >= 0.6 is 7.60 Å². The van der Waals surface area contributed by atoms with Crippen molar-refractivity contribution in [2.75, 3.05) is 6.16 Å². The second kappa shape index (κ2) is 3.10. The topological polar surface area (TPSA) is 83.6 Å². The zero-order valence-electron chi connectivity index (χ0n) is 5.25. The molecule has 0 aromatic rings. The molecule has 68 valence electrons. The molecule has 0 aliphatic carbocycles. The van der Waals surface area contributed by atoms with Gasteiger partial charge in [-0.2, -0.15) is 13.2 Å². The third kappa shape index (κ3) is 5.20. The molecule has 0 heterocycles. The Bertz CT molecular complexity index is 175. The quantitative estimate of drug-likeness (QED) is 0.541. The summed E-state index contributed by atoms with van der Waals surface area (Å²) >= 11 is 0.